The van der Waals surface area contributed by atoms with Gasteiger partial charge in [-0.2, -0.15) is 0 Å². The lowest BCUT2D eigenvalue weighted by Crippen LogP contribution is -2.23. The van der Waals surface area contributed by atoms with Crippen molar-refractivity contribution in [2.24, 2.45) is 0 Å². The molecular formula is C12H10BrNO5S. The molecular weight excluding hydrogens is 350 g/mol. The van der Waals surface area contributed by atoms with Crippen LogP contribution in [0.3, 0.4) is 0 Å². The van der Waals surface area contributed by atoms with Gasteiger partial charge in [0.25, 0.3) is 0 Å². The van der Waals surface area contributed by atoms with Crippen molar-refractivity contribution in [2.45, 2.75) is 11.4 Å². The first-order chi connectivity index (χ1) is 9.40. The molecule has 8 heteroatoms. The molecule has 0 fully saturated rings. The topological polar surface area (TPSA) is 96.6 Å². The Kier molecular flexibility index (Phi) is 4.26. The van der Waals surface area contributed by atoms with E-state index in [1.54, 1.807) is 6.07 Å². The zero-order valence-corrected chi connectivity index (χ0v) is 12.4. The fraction of sp³-hybridized carbons (Fsp3) is 0.0833. The maximum Gasteiger partial charge on any atom is 0.335 e. The molecule has 2 rings (SSSR count). The van der Waals surface area contributed by atoms with Gasteiger partial charge in [-0.25, -0.2) is 17.9 Å². The van der Waals surface area contributed by atoms with E-state index >= 15 is 0 Å². The van der Waals surface area contributed by atoms with Crippen molar-refractivity contribution >= 4 is 31.9 Å². The molecule has 6 nitrogen and oxygen atoms in total. The highest BCUT2D eigenvalue weighted by Gasteiger charge is 2.19. The third-order valence-electron chi connectivity index (χ3n) is 2.51. The third-order valence-corrected chi connectivity index (χ3v) is 4.89. The SMILES string of the molecule is O=C(O)c1ccc(S(=O)(=O)NCc2ccoc2)c(Br)c1. The van der Waals surface area contributed by atoms with Crippen molar-refractivity contribution in [3.63, 3.8) is 0 Å². The summed E-state index contributed by atoms with van der Waals surface area (Å²) in [5.41, 5.74) is 0.692. The number of hydrogen-bond acceptors (Lipinski definition) is 4. The molecule has 1 aromatic heterocycles. The first-order valence-electron chi connectivity index (χ1n) is 5.44. The fourth-order valence-electron chi connectivity index (χ4n) is 1.50. The molecule has 1 heterocycles. The van der Waals surface area contributed by atoms with Gasteiger partial charge in [-0.3, -0.25) is 0 Å². The zero-order valence-electron chi connectivity index (χ0n) is 10.0. The van der Waals surface area contributed by atoms with Crippen LogP contribution in [0.1, 0.15) is 15.9 Å². The normalized spacial score (nSPS) is 11.4. The van der Waals surface area contributed by atoms with Gasteiger partial charge in [0.15, 0.2) is 0 Å². The van der Waals surface area contributed by atoms with E-state index in [9.17, 15) is 13.2 Å². The summed E-state index contributed by atoms with van der Waals surface area (Å²) in [6.07, 6.45) is 2.88. The largest absolute Gasteiger partial charge is 0.478 e. The predicted molar refractivity (Wildman–Crippen MR) is 73.8 cm³/mol. The van der Waals surface area contributed by atoms with E-state index in [1.807, 2.05) is 0 Å². The minimum Gasteiger partial charge on any atom is -0.478 e. The lowest BCUT2D eigenvalue weighted by Gasteiger charge is -2.08. The summed E-state index contributed by atoms with van der Waals surface area (Å²) in [7, 11) is -3.74. The summed E-state index contributed by atoms with van der Waals surface area (Å²) < 4.78 is 31.7. The number of carboxylic acids is 1. The molecule has 2 aromatic rings. The van der Waals surface area contributed by atoms with Crippen LogP contribution in [0.5, 0.6) is 0 Å². The van der Waals surface area contributed by atoms with Crippen molar-refractivity contribution in [2.75, 3.05) is 0 Å². The molecule has 0 aliphatic rings. The average Bonchev–Trinajstić information content (AvgIpc) is 2.89. The molecule has 20 heavy (non-hydrogen) atoms. The van der Waals surface area contributed by atoms with Gasteiger partial charge in [0.1, 0.15) is 0 Å². The molecule has 0 bridgehead atoms. The fourth-order valence-corrected chi connectivity index (χ4v) is 3.59. The van der Waals surface area contributed by atoms with Crippen LogP contribution in [0.2, 0.25) is 0 Å². The van der Waals surface area contributed by atoms with E-state index < -0.39 is 16.0 Å². The van der Waals surface area contributed by atoms with Gasteiger partial charge < -0.3 is 9.52 Å². The van der Waals surface area contributed by atoms with Crippen LogP contribution in [0.15, 0.2) is 50.6 Å². The smallest absolute Gasteiger partial charge is 0.335 e. The van der Waals surface area contributed by atoms with Gasteiger partial charge in [-0.05, 0) is 40.2 Å². The molecule has 0 radical (unpaired) electrons. The molecule has 1 aromatic carbocycles. The van der Waals surface area contributed by atoms with Gasteiger partial charge in [0.05, 0.1) is 23.0 Å². The summed E-state index contributed by atoms with van der Waals surface area (Å²) in [6.45, 7) is 0.0892. The van der Waals surface area contributed by atoms with Crippen LogP contribution in [0, 0.1) is 0 Å². The number of carboxylic acid groups (broad SMARTS) is 1. The number of aromatic carboxylic acids is 1. The van der Waals surface area contributed by atoms with Gasteiger partial charge >= 0.3 is 5.97 Å². The van der Waals surface area contributed by atoms with Crippen molar-refractivity contribution < 1.29 is 22.7 Å². The molecule has 0 amide bonds. The Bertz CT molecular complexity index is 724. The number of carbonyl (C=O) groups is 1. The Balaban J connectivity index is 2.23. The zero-order chi connectivity index (χ0) is 14.8. The van der Waals surface area contributed by atoms with Crippen LogP contribution in [-0.4, -0.2) is 19.5 Å². The van der Waals surface area contributed by atoms with Gasteiger partial charge in [-0.1, -0.05) is 0 Å². The van der Waals surface area contributed by atoms with Crippen LogP contribution in [0.25, 0.3) is 0 Å². The van der Waals surface area contributed by atoms with Crippen LogP contribution in [0.4, 0.5) is 0 Å². The Morgan fingerprint density at radius 1 is 1.35 bits per heavy atom. The van der Waals surface area contributed by atoms with Crippen LogP contribution in [-0.2, 0) is 16.6 Å². The Labute approximate surface area is 123 Å². The minimum atomic E-state index is -3.74. The molecule has 0 atom stereocenters. The highest BCUT2D eigenvalue weighted by Crippen LogP contribution is 2.23. The first kappa shape index (κ1) is 14.8. The number of rotatable bonds is 5. The number of nitrogens with one attached hydrogen (secondary N) is 1. The minimum absolute atomic E-state index is 0.00524. The van der Waals surface area contributed by atoms with E-state index in [-0.39, 0.29) is 21.5 Å². The number of benzene rings is 1. The summed E-state index contributed by atoms with van der Waals surface area (Å²) in [4.78, 5) is 10.8. The van der Waals surface area contributed by atoms with Crippen molar-refractivity contribution in [3.05, 3.63) is 52.4 Å². The van der Waals surface area contributed by atoms with E-state index in [2.05, 4.69) is 20.7 Å². The molecule has 0 aliphatic carbocycles. The van der Waals surface area contributed by atoms with Crippen molar-refractivity contribution in [1.29, 1.82) is 0 Å². The van der Waals surface area contributed by atoms with Gasteiger partial charge in [-0.15, -0.1) is 0 Å². The summed E-state index contributed by atoms with van der Waals surface area (Å²) in [5.74, 6) is -1.12. The molecule has 0 saturated carbocycles. The van der Waals surface area contributed by atoms with Gasteiger partial charge in [0.2, 0.25) is 10.0 Å². The van der Waals surface area contributed by atoms with E-state index in [0.29, 0.717) is 5.56 Å². The second-order valence-electron chi connectivity index (χ2n) is 3.91. The second kappa shape index (κ2) is 5.78. The molecule has 0 saturated heterocycles. The Morgan fingerprint density at radius 2 is 2.10 bits per heavy atom. The molecule has 106 valence electrons. The number of halogens is 1. The number of hydrogen-bond donors (Lipinski definition) is 2. The summed E-state index contributed by atoms with van der Waals surface area (Å²) in [5, 5.41) is 8.84. The number of sulfonamides is 1. The van der Waals surface area contributed by atoms with Gasteiger partial charge in [0, 0.05) is 16.6 Å². The lowest BCUT2D eigenvalue weighted by molar-refractivity contribution is 0.0696. The first-order valence-corrected chi connectivity index (χ1v) is 7.71. The predicted octanol–water partition coefficient (Wildman–Crippen LogP) is 2.22. The molecule has 0 aliphatic heterocycles. The van der Waals surface area contributed by atoms with E-state index in [4.69, 9.17) is 9.52 Å². The average molecular weight is 360 g/mol. The van der Waals surface area contributed by atoms with E-state index in [0.717, 1.165) is 0 Å². The van der Waals surface area contributed by atoms with Crippen molar-refractivity contribution in [1.82, 2.24) is 4.72 Å². The Hall–Kier alpha value is -1.64. The highest BCUT2D eigenvalue weighted by molar-refractivity contribution is 9.10. The molecule has 0 unspecified atom stereocenters. The Morgan fingerprint density at radius 3 is 2.65 bits per heavy atom. The van der Waals surface area contributed by atoms with Crippen molar-refractivity contribution in [3.8, 4) is 0 Å². The summed E-state index contributed by atoms with van der Waals surface area (Å²) in [6, 6.07) is 5.37. The van der Waals surface area contributed by atoms with E-state index in [1.165, 1.54) is 30.7 Å². The number of furan rings is 1. The maximum atomic E-state index is 12.1. The third kappa shape index (κ3) is 3.27. The monoisotopic (exact) mass is 359 g/mol. The van der Waals surface area contributed by atoms with Crippen LogP contribution >= 0.6 is 15.9 Å². The molecule has 2 N–H and O–H groups in total. The quantitative estimate of drug-likeness (QED) is 0.852. The molecule has 0 spiro atoms. The highest BCUT2D eigenvalue weighted by atomic mass is 79.9. The second-order valence-corrected chi connectivity index (χ2v) is 6.50. The standard InChI is InChI=1S/C12H10BrNO5S/c13-10-5-9(12(15)16)1-2-11(10)20(17,18)14-6-8-3-4-19-7-8/h1-5,7,14H,6H2,(H,15,16). The summed E-state index contributed by atoms with van der Waals surface area (Å²) >= 11 is 3.07. The van der Waals surface area contributed by atoms with Crippen LogP contribution < -0.4 is 4.72 Å². The lowest BCUT2D eigenvalue weighted by atomic mass is 10.2. The maximum absolute atomic E-state index is 12.1.